The highest BCUT2D eigenvalue weighted by molar-refractivity contribution is 5.89. The molecule has 0 saturated heterocycles. The lowest BCUT2D eigenvalue weighted by Gasteiger charge is -2.09. The molecule has 3 nitrogen and oxygen atoms in total. The fourth-order valence-corrected chi connectivity index (χ4v) is 1.84. The highest BCUT2D eigenvalue weighted by Gasteiger charge is 2.10. The molecule has 0 saturated carbocycles. The highest BCUT2D eigenvalue weighted by atomic mass is 19.1. The van der Waals surface area contributed by atoms with Crippen LogP contribution >= 0.6 is 0 Å². The Morgan fingerprint density at radius 3 is 2.65 bits per heavy atom. The molecule has 2 rings (SSSR count). The van der Waals surface area contributed by atoms with E-state index >= 15 is 0 Å². The van der Waals surface area contributed by atoms with E-state index in [2.05, 4.69) is 0 Å². The molecule has 0 bridgehead atoms. The van der Waals surface area contributed by atoms with Crippen molar-refractivity contribution in [2.45, 2.75) is 20.5 Å². The second-order valence-corrected chi connectivity index (χ2v) is 4.74. The van der Waals surface area contributed by atoms with Crippen LogP contribution in [0.25, 0.3) is 0 Å². The van der Waals surface area contributed by atoms with Gasteiger partial charge in [-0.05, 0) is 43.2 Å². The molecule has 0 aliphatic rings. The van der Waals surface area contributed by atoms with E-state index in [4.69, 9.17) is 10.5 Å². The van der Waals surface area contributed by atoms with Crippen LogP contribution < -0.4 is 5.73 Å². The third-order valence-electron chi connectivity index (χ3n) is 3.10. The van der Waals surface area contributed by atoms with E-state index in [0.717, 1.165) is 22.8 Å². The number of carbonyl (C=O) groups is 1. The number of aryl methyl sites for hydroxylation is 2. The first-order valence-electron chi connectivity index (χ1n) is 6.25. The quantitative estimate of drug-likeness (QED) is 0.689. The van der Waals surface area contributed by atoms with Crippen molar-refractivity contribution in [3.8, 4) is 0 Å². The minimum absolute atomic E-state index is 0.0103. The first-order chi connectivity index (χ1) is 9.47. The van der Waals surface area contributed by atoms with Gasteiger partial charge < -0.3 is 10.5 Å². The van der Waals surface area contributed by atoms with E-state index in [9.17, 15) is 9.18 Å². The van der Waals surface area contributed by atoms with Crippen LogP contribution in [0.3, 0.4) is 0 Å². The van der Waals surface area contributed by atoms with Gasteiger partial charge in [0.1, 0.15) is 12.4 Å². The van der Waals surface area contributed by atoms with Gasteiger partial charge in [0, 0.05) is 0 Å². The number of carbonyl (C=O) groups excluding carboxylic acids is 1. The molecule has 104 valence electrons. The Morgan fingerprint density at radius 2 is 1.95 bits per heavy atom. The lowest BCUT2D eigenvalue weighted by Crippen LogP contribution is -2.07. The number of anilines is 1. The molecule has 0 spiro atoms. The van der Waals surface area contributed by atoms with Crippen molar-refractivity contribution in [1.82, 2.24) is 0 Å². The lowest BCUT2D eigenvalue weighted by atomic mass is 10.1. The van der Waals surface area contributed by atoms with E-state index in [1.54, 1.807) is 0 Å². The van der Waals surface area contributed by atoms with E-state index < -0.39 is 11.8 Å². The normalized spacial score (nSPS) is 10.3. The van der Waals surface area contributed by atoms with Crippen LogP contribution in [0.5, 0.6) is 0 Å². The minimum Gasteiger partial charge on any atom is -0.457 e. The summed E-state index contributed by atoms with van der Waals surface area (Å²) in [4.78, 5) is 11.8. The highest BCUT2D eigenvalue weighted by Crippen LogP contribution is 2.15. The molecular formula is C16H16FNO2. The van der Waals surface area contributed by atoms with Crippen LogP contribution in [0, 0.1) is 19.7 Å². The van der Waals surface area contributed by atoms with Gasteiger partial charge in [-0.25, -0.2) is 9.18 Å². The van der Waals surface area contributed by atoms with Crippen LogP contribution in [0.2, 0.25) is 0 Å². The van der Waals surface area contributed by atoms with E-state index in [1.807, 2.05) is 32.0 Å². The smallest absolute Gasteiger partial charge is 0.338 e. The van der Waals surface area contributed by atoms with Gasteiger partial charge in [-0.1, -0.05) is 23.8 Å². The Balaban J connectivity index is 2.08. The second kappa shape index (κ2) is 5.74. The van der Waals surface area contributed by atoms with Crippen molar-refractivity contribution in [3.05, 3.63) is 64.5 Å². The molecule has 0 radical (unpaired) electrons. The van der Waals surface area contributed by atoms with Gasteiger partial charge in [0.05, 0.1) is 11.3 Å². The molecule has 2 aromatic carbocycles. The maximum Gasteiger partial charge on any atom is 0.338 e. The number of halogens is 1. The number of rotatable bonds is 3. The van der Waals surface area contributed by atoms with Crippen molar-refractivity contribution in [2.24, 2.45) is 0 Å². The van der Waals surface area contributed by atoms with Crippen molar-refractivity contribution in [1.29, 1.82) is 0 Å². The molecule has 4 heteroatoms. The molecule has 0 aliphatic heterocycles. The maximum absolute atomic E-state index is 13.3. The topological polar surface area (TPSA) is 52.3 Å². The third-order valence-corrected chi connectivity index (χ3v) is 3.10. The fraction of sp³-hybridized carbons (Fsp3) is 0.188. The predicted molar refractivity (Wildman–Crippen MR) is 75.8 cm³/mol. The number of esters is 1. The number of hydrogen-bond donors (Lipinski definition) is 1. The zero-order chi connectivity index (χ0) is 14.7. The lowest BCUT2D eigenvalue weighted by molar-refractivity contribution is 0.0471. The van der Waals surface area contributed by atoms with Gasteiger partial charge in [-0.15, -0.1) is 0 Å². The van der Waals surface area contributed by atoms with Crippen molar-refractivity contribution in [3.63, 3.8) is 0 Å². The first kappa shape index (κ1) is 14.1. The zero-order valence-corrected chi connectivity index (χ0v) is 11.4. The largest absolute Gasteiger partial charge is 0.457 e. The number of hydrogen-bond acceptors (Lipinski definition) is 3. The Hall–Kier alpha value is -2.36. The number of benzene rings is 2. The monoisotopic (exact) mass is 273 g/mol. The molecule has 2 aromatic rings. The van der Waals surface area contributed by atoms with Gasteiger partial charge in [-0.2, -0.15) is 0 Å². The first-order valence-corrected chi connectivity index (χ1v) is 6.25. The van der Waals surface area contributed by atoms with Crippen molar-refractivity contribution in [2.75, 3.05) is 5.73 Å². The maximum atomic E-state index is 13.3. The standard InChI is InChI=1S/C16H16FNO2/c1-10-3-4-11(2)13(7-10)9-20-16(19)12-5-6-15(18)14(17)8-12/h3-8H,9,18H2,1-2H3. The molecule has 0 aliphatic carbocycles. The molecule has 0 aromatic heterocycles. The molecule has 20 heavy (non-hydrogen) atoms. The summed E-state index contributed by atoms with van der Waals surface area (Å²) in [5, 5.41) is 0. The average molecular weight is 273 g/mol. The number of ether oxygens (including phenoxy) is 1. The van der Waals surface area contributed by atoms with E-state index in [-0.39, 0.29) is 17.9 Å². The van der Waals surface area contributed by atoms with Crippen LogP contribution in [-0.2, 0) is 11.3 Å². The van der Waals surface area contributed by atoms with Gasteiger partial charge in [-0.3, -0.25) is 0 Å². The molecular weight excluding hydrogens is 257 g/mol. The Morgan fingerprint density at radius 1 is 1.20 bits per heavy atom. The van der Waals surface area contributed by atoms with Crippen LogP contribution in [0.1, 0.15) is 27.0 Å². The summed E-state index contributed by atoms with van der Waals surface area (Å²) in [6.45, 7) is 4.09. The second-order valence-electron chi connectivity index (χ2n) is 4.74. The Labute approximate surface area is 117 Å². The van der Waals surface area contributed by atoms with Gasteiger partial charge in [0.15, 0.2) is 0 Å². The summed E-state index contributed by atoms with van der Waals surface area (Å²) >= 11 is 0. The van der Waals surface area contributed by atoms with Crippen LogP contribution in [0.4, 0.5) is 10.1 Å². The average Bonchev–Trinajstić information content (AvgIpc) is 2.42. The van der Waals surface area contributed by atoms with Crippen molar-refractivity contribution < 1.29 is 13.9 Å². The van der Waals surface area contributed by atoms with E-state index in [1.165, 1.54) is 12.1 Å². The molecule has 2 N–H and O–H groups in total. The summed E-state index contributed by atoms with van der Waals surface area (Å²) < 4.78 is 18.5. The fourth-order valence-electron chi connectivity index (χ4n) is 1.84. The number of nitrogens with two attached hydrogens (primary N) is 1. The van der Waals surface area contributed by atoms with Gasteiger partial charge >= 0.3 is 5.97 Å². The van der Waals surface area contributed by atoms with Crippen LogP contribution in [-0.4, -0.2) is 5.97 Å². The SMILES string of the molecule is Cc1ccc(C)c(COC(=O)c2ccc(N)c(F)c2)c1. The zero-order valence-electron chi connectivity index (χ0n) is 11.4. The summed E-state index contributed by atoms with van der Waals surface area (Å²) in [7, 11) is 0. The van der Waals surface area contributed by atoms with Gasteiger partial charge in [0.2, 0.25) is 0 Å². The Bertz CT molecular complexity index is 653. The molecule has 0 heterocycles. The summed E-state index contributed by atoms with van der Waals surface area (Å²) in [5.41, 5.74) is 8.61. The Kier molecular flexibility index (Phi) is 4.03. The van der Waals surface area contributed by atoms with Crippen molar-refractivity contribution >= 4 is 11.7 Å². The van der Waals surface area contributed by atoms with Crippen LogP contribution in [0.15, 0.2) is 36.4 Å². The minimum atomic E-state index is -0.619. The number of nitrogen functional groups attached to an aromatic ring is 1. The van der Waals surface area contributed by atoms with Gasteiger partial charge in [0.25, 0.3) is 0 Å². The summed E-state index contributed by atoms with van der Waals surface area (Å²) in [6.07, 6.45) is 0. The predicted octanol–water partition coefficient (Wildman–Crippen LogP) is 3.38. The third kappa shape index (κ3) is 3.15. The summed E-state index contributed by atoms with van der Waals surface area (Å²) in [5.74, 6) is -1.18. The van der Waals surface area contributed by atoms with E-state index in [0.29, 0.717) is 0 Å². The molecule has 0 atom stereocenters. The summed E-state index contributed by atoms with van der Waals surface area (Å²) in [6, 6.07) is 9.82. The molecule has 0 unspecified atom stereocenters. The molecule has 0 fully saturated rings. The molecule has 0 amide bonds.